The molecule has 0 bridgehead atoms. The second kappa shape index (κ2) is 8.10. The third-order valence-corrected chi connectivity index (χ3v) is 5.35. The van der Waals surface area contributed by atoms with Gasteiger partial charge in [-0.1, -0.05) is 23.7 Å². The summed E-state index contributed by atoms with van der Waals surface area (Å²) in [6, 6.07) is 13.2. The molecule has 9 heteroatoms. The van der Waals surface area contributed by atoms with Crippen LogP contribution in [0.4, 0.5) is 24.7 Å². The first-order valence-corrected chi connectivity index (χ1v) is 9.84. The lowest BCUT2D eigenvalue weighted by Gasteiger charge is -2.33. The Morgan fingerprint density at radius 2 is 1.60 bits per heavy atom. The highest BCUT2D eigenvalue weighted by atomic mass is 35.5. The van der Waals surface area contributed by atoms with E-state index in [-0.39, 0.29) is 36.2 Å². The number of hydrogen-bond acceptors (Lipinski definition) is 4. The van der Waals surface area contributed by atoms with Crippen LogP contribution in [0, 0.1) is 5.92 Å². The van der Waals surface area contributed by atoms with Crippen LogP contribution in [0.5, 0.6) is 0 Å². The van der Waals surface area contributed by atoms with Crippen molar-refractivity contribution in [1.82, 2.24) is 9.97 Å². The standard InChI is InChI=1S/C21H18ClF3N4O/c22-14-5-7-15(8-6-14)26-20(30)13-9-11-29(12-10-13)19-18(21(23,24)25)27-16-3-1-2-4-17(16)28-19/h1-8,13H,9-12H2,(H,26,30). The summed E-state index contributed by atoms with van der Waals surface area (Å²) in [6.45, 7) is 0.573. The Kier molecular flexibility index (Phi) is 5.51. The molecule has 0 spiro atoms. The Bertz CT molecular complexity index is 1060. The predicted molar refractivity (Wildman–Crippen MR) is 110 cm³/mol. The summed E-state index contributed by atoms with van der Waals surface area (Å²) in [4.78, 5) is 22.2. The van der Waals surface area contributed by atoms with E-state index in [9.17, 15) is 18.0 Å². The molecule has 2 aromatic carbocycles. The molecular weight excluding hydrogens is 417 g/mol. The summed E-state index contributed by atoms with van der Waals surface area (Å²) in [5.74, 6) is -0.630. The monoisotopic (exact) mass is 434 g/mol. The second-order valence-corrected chi connectivity index (χ2v) is 7.58. The Balaban J connectivity index is 1.50. The Morgan fingerprint density at radius 3 is 2.20 bits per heavy atom. The highest BCUT2D eigenvalue weighted by Crippen LogP contribution is 2.36. The molecule has 1 aliphatic rings. The quantitative estimate of drug-likeness (QED) is 0.618. The molecule has 0 radical (unpaired) electrons. The van der Waals surface area contributed by atoms with Crippen LogP contribution in [0.15, 0.2) is 48.5 Å². The lowest BCUT2D eigenvalue weighted by molar-refractivity contribution is -0.140. The number of anilines is 2. The minimum Gasteiger partial charge on any atom is -0.355 e. The zero-order valence-electron chi connectivity index (χ0n) is 15.8. The Hall–Kier alpha value is -2.87. The van der Waals surface area contributed by atoms with Crippen molar-refractivity contribution >= 4 is 40.0 Å². The number of amides is 1. The number of halogens is 4. The van der Waals surface area contributed by atoms with Crippen molar-refractivity contribution in [3.8, 4) is 0 Å². The van der Waals surface area contributed by atoms with E-state index >= 15 is 0 Å². The van der Waals surface area contributed by atoms with Gasteiger partial charge in [-0.2, -0.15) is 13.2 Å². The van der Waals surface area contributed by atoms with Gasteiger partial charge in [-0.3, -0.25) is 4.79 Å². The average molecular weight is 435 g/mol. The van der Waals surface area contributed by atoms with E-state index in [0.717, 1.165) is 0 Å². The molecular formula is C21H18ClF3N4O. The van der Waals surface area contributed by atoms with Gasteiger partial charge in [0.2, 0.25) is 5.91 Å². The van der Waals surface area contributed by atoms with Crippen LogP contribution in [0.2, 0.25) is 5.02 Å². The molecule has 1 fully saturated rings. The van der Waals surface area contributed by atoms with Gasteiger partial charge in [0.15, 0.2) is 11.5 Å². The summed E-state index contributed by atoms with van der Waals surface area (Å²) in [6.07, 6.45) is -3.77. The number of nitrogens with one attached hydrogen (secondary N) is 1. The molecule has 4 rings (SSSR count). The van der Waals surface area contributed by atoms with E-state index in [2.05, 4.69) is 15.3 Å². The van der Waals surface area contributed by atoms with Crippen LogP contribution in [-0.4, -0.2) is 29.0 Å². The SMILES string of the molecule is O=C(Nc1ccc(Cl)cc1)C1CCN(c2nc3ccccc3nc2C(F)(F)F)CC1. The number of carbonyl (C=O) groups is 1. The van der Waals surface area contributed by atoms with E-state index in [1.807, 2.05) is 0 Å². The van der Waals surface area contributed by atoms with Crippen LogP contribution in [-0.2, 0) is 11.0 Å². The fourth-order valence-electron chi connectivity index (χ4n) is 3.53. The molecule has 0 unspecified atom stereocenters. The minimum absolute atomic E-state index is 0.155. The van der Waals surface area contributed by atoms with E-state index in [4.69, 9.17) is 11.6 Å². The molecule has 0 aliphatic carbocycles. The molecule has 0 saturated carbocycles. The Morgan fingerprint density at radius 1 is 1.00 bits per heavy atom. The number of hydrogen-bond donors (Lipinski definition) is 1. The van der Waals surface area contributed by atoms with Gasteiger partial charge in [0, 0.05) is 29.7 Å². The molecule has 1 amide bonds. The lowest BCUT2D eigenvalue weighted by atomic mass is 9.95. The van der Waals surface area contributed by atoms with Crippen molar-refractivity contribution in [3.63, 3.8) is 0 Å². The number of carbonyl (C=O) groups excluding carboxylic acids is 1. The molecule has 1 N–H and O–H groups in total. The van der Waals surface area contributed by atoms with E-state index in [1.54, 1.807) is 47.4 Å². The maximum absolute atomic E-state index is 13.6. The summed E-state index contributed by atoms with van der Waals surface area (Å²) in [5.41, 5.74) is 0.241. The molecule has 3 aromatic rings. The smallest absolute Gasteiger partial charge is 0.355 e. The van der Waals surface area contributed by atoms with E-state index in [0.29, 0.717) is 29.1 Å². The van der Waals surface area contributed by atoms with Gasteiger partial charge in [0.1, 0.15) is 0 Å². The normalized spacial score (nSPS) is 15.4. The van der Waals surface area contributed by atoms with Gasteiger partial charge >= 0.3 is 6.18 Å². The van der Waals surface area contributed by atoms with Crippen LogP contribution in [0.25, 0.3) is 11.0 Å². The molecule has 1 aromatic heterocycles. The van der Waals surface area contributed by atoms with Gasteiger partial charge < -0.3 is 10.2 Å². The van der Waals surface area contributed by atoms with Crippen LogP contribution >= 0.6 is 11.6 Å². The van der Waals surface area contributed by atoms with Gasteiger partial charge in [-0.25, -0.2) is 9.97 Å². The zero-order chi connectivity index (χ0) is 21.3. The summed E-state index contributed by atoms with van der Waals surface area (Å²) >= 11 is 5.84. The highest BCUT2D eigenvalue weighted by molar-refractivity contribution is 6.30. The molecule has 1 aliphatic heterocycles. The van der Waals surface area contributed by atoms with Gasteiger partial charge in [0.25, 0.3) is 0 Å². The molecule has 0 atom stereocenters. The minimum atomic E-state index is -4.62. The number of nitrogens with zero attached hydrogens (tertiary/aromatic N) is 3. The third-order valence-electron chi connectivity index (χ3n) is 5.10. The first kappa shape index (κ1) is 20.4. The number of fused-ring (bicyclic) bond motifs is 1. The summed E-state index contributed by atoms with van der Waals surface area (Å²) in [5, 5.41) is 3.40. The molecule has 30 heavy (non-hydrogen) atoms. The number of alkyl halides is 3. The average Bonchev–Trinajstić information content (AvgIpc) is 2.74. The van der Waals surface area contributed by atoms with Gasteiger partial charge in [0.05, 0.1) is 11.0 Å². The van der Waals surface area contributed by atoms with Gasteiger partial charge in [-0.15, -0.1) is 0 Å². The fraction of sp³-hybridized carbons (Fsp3) is 0.286. The summed E-state index contributed by atoms with van der Waals surface area (Å²) < 4.78 is 40.8. The van der Waals surface area contributed by atoms with Crippen LogP contribution < -0.4 is 10.2 Å². The molecule has 156 valence electrons. The number of para-hydroxylation sites is 2. The molecule has 2 heterocycles. The zero-order valence-corrected chi connectivity index (χ0v) is 16.5. The van der Waals surface area contributed by atoms with Crippen molar-refractivity contribution in [1.29, 1.82) is 0 Å². The maximum atomic E-state index is 13.6. The van der Waals surface area contributed by atoms with E-state index < -0.39 is 11.9 Å². The molecule has 5 nitrogen and oxygen atoms in total. The second-order valence-electron chi connectivity index (χ2n) is 7.14. The topological polar surface area (TPSA) is 58.1 Å². The number of benzene rings is 2. The highest BCUT2D eigenvalue weighted by Gasteiger charge is 2.39. The summed E-state index contributed by atoms with van der Waals surface area (Å²) in [7, 11) is 0. The van der Waals surface area contributed by atoms with Crippen LogP contribution in [0.1, 0.15) is 18.5 Å². The van der Waals surface area contributed by atoms with Gasteiger partial charge in [-0.05, 0) is 49.2 Å². The number of aromatic nitrogens is 2. The Labute approximate surface area is 175 Å². The lowest BCUT2D eigenvalue weighted by Crippen LogP contribution is -2.39. The predicted octanol–water partition coefficient (Wildman–Crippen LogP) is 5.16. The van der Waals surface area contributed by atoms with Crippen molar-refractivity contribution in [2.75, 3.05) is 23.3 Å². The maximum Gasteiger partial charge on any atom is 0.437 e. The fourth-order valence-corrected chi connectivity index (χ4v) is 3.66. The first-order chi connectivity index (χ1) is 14.3. The van der Waals surface area contributed by atoms with Crippen molar-refractivity contribution in [2.24, 2.45) is 5.92 Å². The van der Waals surface area contributed by atoms with Crippen molar-refractivity contribution in [2.45, 2.75) is 19.0 Å². The van der Waals surface area contributed by atoms with Crippen molar-refractivity contribution in [3.05, 3.63) is 59.2 Å². The largest absolute Gasteiger partial charge is 0.437 e. The first-order valence-electron chi connectivity index (χ1n) is 9.46. The van der Waals surface area contributed by atoms with E-state index in [1.165, 1.54) is 6.07 Å². The number of rotatable bonds is 3. The molecule has 1 saturated heterocycles. The number of piperidine rings is 1. The van der Waals surface area contributed by atoms with Crippen LogP contribution in [0.3, 0.4) is 0 Å². The van der Waals surface area contributed by atoms with Crippen molar-refractivity contribution < 1.29 is 18.0 Å². The third kappa shape index (κ3) is 4.33.